The van der Waals surface area contributed by atoms with Gasteiger partial charge in [-0.1, -0.05) is 31.0 Å². The normalized spacial score (nSPS) is 29.8. The molecule has 0 radical (unpaired) electrons. The molecular formula is C17H23N3O. The van der Waals surface area contributed by atoms with Gasteiger partial charge >= 0.3 is 0 Å². The Morgan fingerprint density at radius 1 is 1.29 bits per heavy atom. The number of fused-ring (bicyclic) bond motifs is 1. The minimum Gasteiger partial charge on any atom is -0.493 e. The number of benzene rings is 1. The maximum absolute atomic E-state index is 6.15. The maximum atomic E-state index is 6.15. The van der Waals surface area contributed by atoms with E-state index in [1.807, 2.05) is 18.2 Å². The lowest BCUT2D eigenvalue weighted by Gasteiger charge is -2.23. The average Bonchev–Trinajstić information content (AvgIpc) is 2.93. The second-order valence-corrected chi connectivity index (χ2v) is 6.68. The van der Waals surface area contributed by atoms with Crippen LogP contribution in [0.2, 0.25) is 0 Å². The topological polar surface area (TPSA) is 59.6 Å². The summed E-state index contributed by atoms with van der Waals surface area (Å²) in [6, 6.07) is 8.81. The molecule has 0 aromatic heterocycles. The predicted molar refractivity (Wildman–Crippen MR) is 83.4 cm³/mol. The van der Waals surface area contributed by atoms with Crippen LogP contribution in [-0.4, -0.2) is 18.6 Å². The molecule has 1 spiro atoms. The summed E-state index contributed by atoms with van der Waals surface area (Å²) in [4.78, 5) is 4.72. The van der Waals surface area contributed by atoms with E-state index in [0.717, 1.165) is 17.7 Å². The summed E-state index contributed by atoms with van der Waals surface area (Å²) in [5.41, 5.74) is 7.85. The molecule has 0 amide bonds. The van der Waals surface area contributed by atoms with Gasteiger partial charge in [-0.25, -0.2) is 4.99 Å². The highest BCUT2D eigenvalue weighted by Crippen LogP contribution is 2.57. The lowest BCUT2D eigenvalue weighted by atomic mass is 10.0. The molecule has 3 aliphatic rings. The van der Waals surface area contributed by atoms with Crippen molar-refractivity contribution in [3.8, 4) is 5.75 Å². The van der Waals surface area contributed by atoms with Crippen molar-refractivity contribution >= 4 is 5.96 Å². The first-order chi connectivity index (χ1) is 10.3. The monoisotopic (exact) mass is 285 g/mol. The predicted octanol–water partition coefficient (Wildman–Crippen LogP) is 2.75. The SMILES string of the molecule is NC(=NC1CCOc2ccccc21)NC1CC12CCCC2. The van der Waals surface area contributed by atoms with Crippen LogP contribution in [0.25, 0.3) is 0 Å². The highest BCUT2D eigenvalue weighted by atomic mass is 16.5. The zero-order valence-electron chi connectivity index (χ0n) is 12.3. The van der Waals surface area contributed by atoms with Crippen LogP contribution in [0.1, 0.15) is 50.1 Å². The Hall–Kier alpha value is -1.71. The highest BCUT2D eigenvalue weighted by Gasteiger charge is 2.55. The van der Waals surface area contributed by atoms with Crippen LogP contribution >= 0.6 is 0 Å². The van der Waals surface area contributed by atoms with Crippen molar-refractivity contribution in [3.05, 3.63) is 29.8 Å². The Morgan fingerprint density at radius 3 is 2.95 bits per heavy atom. The van der Waals surface area contributed by atoms with Crippen LogP contribution in [-0.2, 0) is 0 Å². The number of guanidine groups is 1. The van der Waals surface area contributed by atoms with Gasteiger partial charge in [-0.3, -0.25) is 0 Å². The van der Waals surface area contributed by atoms with Gasteiger partial charge in [-0.2, -0.15) is 0 Å². The molecule has 0 bridgehead atoms. The van der Waals surface area contributed by atoms with Gasteiger partial charge in [0, 0.05) is 18.0 Å². The summed E-state index contributed by atoms with van der Waals surface area (Å²) >= 11 is 0. The fourth-order valence-corrected chi connectivity index (χ4v) is 4.02. The molecule has 112 valence electrons. The van der Waals surface area contributed by atoms with Gasteiger partial charge in [0.1, 0.15) is 5.75 Å². The van der Waals surface area contributed by atoms with E-state index in [4.69, 9.17) is 15.5 Å². The Bertz CT molecular complexity index is 563. The van der Waals surface area contributed by atoms with Gasteiger partial charge < -0.3 is 15.8 Å². The molecule has 1 aromatic carbocycles. The largest absolute Gasteiger partial charge is 0.493 e. The Balaban J connectivity index is 1.45. The molecule has 1 heterocycles. The maximum Gasteiger partial charge on any atom is 0.189 e. The Labute approximate surface area is 125 Å². The van der Waals surface area contributed by atoms with E-state index in [1.165, 1.54) is 32.1 Å². The number of rotatable bonds is 2. The lowest BCUT2D eigenvalue weighted by molar-refractivity contribution is 0.269. The van der Waals surface area contributed by atoms with E-state index < -0.39 is 0 Å². The van der Waals surface area contributed by atoms with Crippen molar-refractivity contribution in [2.75, 3.05) is 6.61 Å². The second kappa shape index (κ2) is 4.93. The first-order valence-electron chi connectivity index (χ1n) is 8.08. The van der Waals surface area contributed by atoms with Crippen molar-refractivity contribution < 1.29 is 4.74 Å². The van der Waals surface area contributed by atoms with E-state index in [0.29, 0.717) is 24.0 Å². The summed E-state index contributed by atoms with van der Waals surface area (Å²) in [6.07, 6.45) is 7.64. The standard InChI is InChI=1S/C17H23N3O/c18-16(20-15-11-17(15)8-3-4-9-17)19-13-7-10-21-14-6-2-1-5-12(13)14/h1-2,5-6,13,15H,3-4,7-11H2,(H3,18,19,20). The lowest BCUT2D eigenvalue weighted by Crippen LogP contribution is -2.36. The minimum atomic E-state index is 0.126. The van der Waals surface area contributed by atoms with E-state index in [-0.39, 0.29) is 6.04 Å². The molecule has 21 heavy (non-hydrogen) atoms. The summed E-state index contributed by atoms with van der Waals surface area (Å²) < 4.78 is 5.67. The van der Waals surface area contributed by atoms with Crippen LogP contribution in [0.3, 0.4) is 0 Å². The molecule has 4 heteroatoms. The Morgan fingerprint density at radius 2 is 2.10 bits per heavy atom. The second-order valence-electron chi connectivity index (χ2n) is 6.68. The van der Waals surface area contributed by atoms with Crippen LogP contribution in [0.15, 0.2) is 29.3 Å². The number of nitrogens with zero attached hydrogens (tertiary/aromatic N) is 1. The smallest absolute Gasteiger partial charge is 0.189 e. The van der Waals surface area contributed by atoms with Crippen molar-refractivity contribution in [3.63, 3.8) is 0 Å². The fraction of sp³-hybridized carbons (Fsp3) is 0.588. The number of para-hydroxylation sites is 1. The molecule has 0 saturated heterocycles. The molecule has 2 unspecified atom stereocenters. The first kappa shape index (κ1) is 13.0. The zero-order chi connectivity index (χ0) is 14.3. The number of hydrogen-bond donors (Lipinski definition) is 2. The third-order valence-electron chi connectivity index (χ3n) is 5.33. The average molecular weight is 285 g/mol. The molecule has 4 nitrogen and oxygen atoms in total. The van der Waals surface area contributed by atoms with E-state index in [9.17, 15) is 0 Å². The van der Waals surface area contributed by atoms with Crippen LogP contribution in [0.4, 0.5) is 0 Å². The van der Waals surface area contributed by atoms with E-state index in [1.54, 1.807) is 0 Å². The van der Waals surface area contributed by atoms with Crippen LogP contribution < -0.4 is 15.8 Å². The number of ether oxygens (including phenoxy) is 1. The summed E-state index contributed by atoms with van der Waals surface area (Å²) in [6.45, 7) is 0.714. The van der Waals surface area contributed by atoms with Crippen molar-refractivity contribution in [1.29, 1.82) is 0 Å². The summed E-state index contributed by atoms with van der Waals surface area (Å²) in [5.74, 6) is 1.55. The first-order valence-corrected chi connectivity index (χ1v) is 8.08. The van der Waals surface area contributed by atoms with Gasteiger partial charge in [0.2, 0.25) is 0 Å². The van der Waals surface area contributed by atoms with Crippen molar-refractivity contribution in [2.24, 2.45) is 16.1 Å². The van der Waals surface area contributed by atoms with E-state index in [2.05, 4.69) is 11.4 Å². The third-order valence-corrected chi connectivity index (χ3v) is 5.33. The van der Waals surface area contributed by atoms with Gasteiger partial charge in [0.15, 0.2) is 5.96 Å². The van der Waals surface area contributed by atoms with Crippen molar-refractivity contribution in [2.45, 2.75) is 50.6 Å². The summed E-state index contributed by atoms with van der Waals surface area (Å²) in [5, 5.41) is 3.45. The molecule has 2 saturated carbocycles. The van der Waals surface area contributed by atoms with Gasteiger partial charge in [-0.05, 0) is 30.7 Å². The summed E-state index contributed by atoms with van der Waals surface area (Å²) in [7, 11) is 0. The number of aliphatic imine (C=N–C) groups is 1. The van der Waals surface area contributed by atoms with Crippen molar-refractivity contribution in [1.82, 2.24) is 5.32 Å². The number of nitrogens with two attached hydrogens (primary N) is 1. The molecule has 4 rings (SSSR count). The molecule has 1 aliphatic heterocycles. The molecule has 1 aromatic rings. The third kappa shape index (κ3) is 2.37. The highest BCUT2D eigenvalue weighted by molar-refractivity contribution is 5.79. The molecule has 2 fully saturated rings. The van der Waals surface area contributed by atoms with Gasteiger partial charge in [0.05, 0.1) is 12.6 Å². The minimum absolute atomic E-state index is 0.126. The number of hydrogen-bond acceptors (Lipinski definition) is 2. The quantitative estimate of drug-likeness (QED) is 0.649. The molecule has 3 N–H and O–H groups in total. The number of nitrogens with one attached hydrogen (secondary N) is 1. The molecular weight excluding hydrogens is 262 g/mol. The fourth-order valence-electron chi connectivity index (χ4n) is 4.02. The zero-order valence-corrected chi connectivity index (χ0v) is 12.3. The van der Waals surface area contributed by atoms with Gasteiger partial charge in [0.25, 0.3) is 0 Å². The van der Waals surface area contributed by atoms with Crippen LogP contribution in [0, 0.1) is 5.41 Å². The van der Waals surface area contributed by atoms with E-state index >= 15 is 0 Å². The Kier molecular flexibility index (Phi) is 3.05. The molecule has 2 atom stereocenters. The molecule has 2 aliphatic carbocycles. The van der Waals surface area contributed by atoms with Crippen LogP contribution in [0.5, 0.6) is 5.75 Å². The van der Waals surface area contributed by atoms with Gasteiger partial charge in [-0.15, -0.1) is 0 Å².